The summed E-state index contributed by atoms with van der Waals surface area (Å²) in [6.07, 6.45) is 0.539. The summed E-state index contributed by atoms with van der Waals surface area (Å²) < 4.78 is 5.84. The van der Waals surface area contributed by atoms with Gasteiger partial charge in [0.05, 0.1) is 6.42 Å². The van der Waals surface area contributed by atoms with Gasteiger partial charge in [-0.05, 0) is 39.8 Å². The first-order chi connectivity index (χ1) is 15.1. The Hall–Kier alpha value is -3.44. The van der Waals surface area contributed by atoms with Gasteiger partial charge in [0.1, 0.15) is 12.6 Å². The molecule has 31 heavy (non-hydrogen) atoms. The van der Waals surface area contributed by atoms with Crippen LogP contribution >= 0.6 is 0 Å². The molecule has 2 aliphatic rings. The third kappa shape index (κ3) is 3.62. The van der Waals surface area contributed by atoms with E-state index < -0.39 is 12.0 Å². The molecule has 1 aliphatic carbocycles. The highest BCUT2D eigenvalue weighted by atomic mass is 16.5. The lowest BCUT2D eigenvalue weighted by atomic mass is 9.89. The summed E-state index contributed by atoms with van der Waals surface area (Å²) in [6.45, 7) is 0.247. The number of carbonyl (C=O) groups is 2. The highest BCUT2D eigenvalue weighted by Gasteiger charge is 2.34. The predicted octanol–water partition coefficient (Wildman–Crippen LogP) is 4.07. The van der Waals surface area contributed by atoms with E-state index in [2.05, 4.69) is 29.6 Å². The zero-order valence-corrected chi connectivity index (χ0v) is 17.0. The van der Waals surface area contributed by atoms with Gasteiger partial charge in [-0.1, -0.05) is 72.8 Å². The molecule has 2 N–H and O–H groups in total. The second kappa shape index (κ2) is 8.00. The molecule has 0 fully saturated rings. The molecule has 3 aromatic carbocycles. The Labute approximate surface area is 180 Å². The number of hydrogen-bond donors (Lipinski definition) is 2. The fourth-order valence-corrected chi connectivity index (χ4v) is 4.88. The molecular weight excluding hydrogens is 390 g/mol. The first-order valence-corrected chi connectivity index (χ1v) is 10.5. The van der Waals surface area contributed by atoms with Crippen LogP contribution in [0.4, 0.5) is 0 Å². The summed E-state index contributed by atoms with van der Waals surface area (Å²) >= 11 is 0. The number of nitrogens with one attached hydrogen (secondary N) is 1. The quantitative estimate of drug-likeness (QED) is 0.617. The molecule has 0 spiro atoms. The fraction of sp³-hybridized carbons (Fsp3) is 0.231. The van der Waals surface area contributed by atoms with Crippen molar-refractivity contribution in [3.8, 4) is 11.1 Å². The Morgan fingerprint density at radius 3 is 2.10 bits per heavy atom. The van der Waals surface area contributed by atoms with Gasteiger partial charge in [-0.25, -0.2) is 4.79 Å². The molecule has 3 aromatic rings. The van der Waals surface area contributed by atoms with Crippen LogP contribution in [-0.4, -0.2) is 29.7 Å². The second-order valence-electron chi connectivity index (χ2n) is 8.15. The monoisotopic (exact) mass is 413 g/mol. The second-order valence-corrected chi connectivity index (χ2v) is 8.15. The van der Waals surface area contributed by atoms with Crippen molar-refractivity contribution in [1.29, 1.82) is 0 Å². The molecule has 0 aromatic heterocycles. The van der Waals surface area contributed by atoms with Crippen LogP contribution in [0.25, 0.3) is 11.1 Å². The van der Waals surface area contributed by atoms with Crippen LogP contribution in [0.1, 0.15) is 40.6 Å². The van der Waals surface area contributed by atoms with Crippen molar-refractivity contribution in [3.63, 3.8) is 0 Å². The Balaban J connectivity index is 1.38. The Morgan fingerprint density at radius 2 is 1.45 bits per heavy atom. The smallest absolute Gasteiger partial charge is 0.327 e. The van der Waals surface area contributed by atoms with E-state index in [0.717, 1.165) is 22.3 Å². The summed E-state index contributed by atoms with van der Waals surface area (Å²) in [7, 11) is 0. The van der Waals surface area contributed by atoms with Crippen LogP contribution in [0.5, 0.6) is 0 Å². The molecule has 5 heteroatoms. The van der Waals surface area contributed by atoms with Crippen LogP contribution in [-0.2, 0) is 20.7 Å². The van der Waals surface area contributed by atoms with Crippen LogP contribution in [0.15, 0.2) is 72.8 Å². The summed E-state index contributed by atoms with van der Waals surface area (Å²) in [4.78, 5) is 24.4. The van der Waals surface area contributed by atoms with Crippen molar-refractivity contribution in [3.05, 3.63) is 95.1 Å². The summed E-state index contributed by atoms with van der Waals surface area (Å²) in [5.41, 5.74) is 6.55. The van der Waals surface area contributed by atoms with Gasteiger partial charge in [0.25, 0.3) is 0 Å². The van der Waals surface area contributed by atoms with Crippen molar-refractivity contribution in [2.24, 2.45) is 0 Å². The van der Waals surface area contributed by atoms with E-state index >= 15 is 0 Å². The van der Waals surface area contributed by atoms with Gasteiger partial charge in [0.2, 0.25) is 0 Å². The SMILES string of the molecule is O=C(O)CC1Cc2ccccc2C(C(=O)OCC2c3ccccc3-c3ccccc32)N1. The molecule has 5 rings (SSSR count). The van der Waals surface area contributed by atoms with Crippen molar-refractivity contribution in [2.45, 2.75) is 30.8 Å². The molecule has 2 atom stereocenters. The lowest BCUT2D eigenvalue weighted by Crippen LogP contribution is -2.44. The average molecular weight is 413 g/mol. The van der Waals surface area contributed by atoms with Crippen molar-refractivity contribution >= 4 is 11.9 Å². The molecule has 0 saturated heterocycles. The minimum absolute atomic E-state index is 0.00926. The molecule has 156 valence electrons. The number of carboxylic acid groups (broad SMARTS) is 1. The van der Waals surface area contributed by atoms with Crippen LogP contribution in [0.3, 0.4) is 0 Å². The average Bonchev–Trinajstić information content (AvgIpc) is 3.10. The normalized spacial score (nSPS) is 19.2. The van der Waals surface area contributed by atoms with E-state index in [-0.39, 0.29) is 31.0 Å². The van der Waals surface area contributed by atoms with Crippen molar-refractivity contribution in [1.82, 2.24) is 5.32 Å². The highest BCUT2D eigenvalue weighted by molar-refractivity contribution is 5.81. The number of ether oxygens (including phenoxy) is 1. The van der Waals surface area contributed by atoms with Gasteiger partial charge >= 0.3 is 11.9 Å². The first kappa shape index (κ1) is 19.5. The van der Waals surface area contributed by atoms with Crippen LogP contribution in [0.2, 0.25) is 0 Å². The maximum Gasteiger partial charge on any atom is 0.327 e. The van der Waals surface area contributed by atoms with Crippen molar-refractivity contribution in [2.75, 3.05) is 6.61 Å². The Morgan fingerprint density at radius 1 is 0.871 bits per heavy atom. The Kier molecular flexibility index (Phi) is 5.04. The number of benzene rings is 3. The van der Waals surface area contributed by atoms with Crippen molar-refractivity contribution < 1.29 is 19.4 Å². The van der Waals surface area contributed by atoms with E-state index in [0.29, 0.717) is 6.42 Å². The lowest BCUT2D eigenvalue weighted by Gasteiger charge is -2.31. The number of hydrogen-bond acceptors (Lipinski definition) is 4. The van der Waals surface area contributed by atoms with E-state index in [1.54, 1.807) is 0 Å². The summed E-state index contributed by atoms with van der Waals surface area (Å²) in [6, 6.07) is 23.1. The zero-order chi connectivity index (χ0) is 21.4. The third-order valence-corrected chi connectivity index (χ3v) is 6.25. The van der Waals surface area contributed by atoms with Crippen LogP contribution in [0, 0.1) is 0 Å². The van der Waals surface area contributed by atoms with E-state index in [4.69, 9.17) is 4.74 Å². The maximum atomic E-state index is 13.1. The summed E-state index contributed by atoms with van der Waals surface area (Å²) in [5, 5.41) is 12.4. The third-order valence-electron chi connectivity index (χ3n) is 6.25. The predicted molar refractivity (Wildman–Crippen MR) is 117 cm³/mol. The highest BCUT2D eigenvalue weighted by Crippen LogP contribution is 2.44. The number of rotatable bonds is 5. The van der Waals surface area contributed by atoms with Crippen LogP contribution < -0.4 is 5.32 Å². The van der Waals surface area contributed by atoms with E-state index in [1.807, 2.05) is 48.5 Å². The fourth-order valence-electron chi connectivity index (χ4n) is 4.88. The standard InChI is InChI=1S/C26H23NO4/c28-24(29)14-17-13-16-7-1-2-8-18(16)25(27-17)26(30)31-15-23-21-11-5-3-9-19(21)20-10-4-6-12-22(20)23/h1-12,17,23,25,27H,13-15H2,(H,28,29). The number of aliphatic carboxylic acids is 1. The van der Waals surface area contributed by atoms with E-state index in [9.17, 15) is 14.7 Å². The van der Waals surface area contributed by atoms with Gasteiger partial charge in [-0.3, -0.25) is 10.1 Å². The zero-order valence-electron chi connectivity index (χ0n) is 17.0. The first-order valence-electron chi connectivity index (χ1n) is 10.5. The number of fused-ring (bicyclic) bond motifs is 4. The molecule has 0 amide bonds. The topological polar surface area (TPSA) is 75.6 Å². The van der Waals surface area contributed by atoms with Gasteiger partial charge in [0.15, 0.2) is 0 Å². The minimum atomic E-state index is -0.886. The molecule has 0 saturated carbocycles. The number of carbonyl (C=O) groups excluding carboxylic acids is 1. The molecule has 1 heterocycles. The lowest BCUT2D eigenvalue weighted by molar-refractivity contribution is -0.148. The van der Waals surface area contributed by atoms with Gasteiger partial charge in [-0.2, -0.15) is 0 Å². The van der Waals surface area contributed by atoms with Gasteiger partial charge < -0.3 is 9.84 Å². The Bertz CT molecular complexity index is 1110. The number of esters is 1. The molecule has 1 aliphatic heterocycles. The molecule has 0 bridgehead atoms. The molecule has 2 unspecified atom stereocenters. The minimum Gasteiger partial charge on any atom is -0.481 e. The molecule has 0 radical (unpaired) electrons. The van der Waals surface area contributed by atoms with Gasteiger partial charge in [-0.15, -0.1) is 0 Å². The molecular formula is C26H23NO4. The maximum absolute atomic E-state index is 13.1. The number of carboxylic acids is 1. The molecule has 5 nitrogen and oxygen atoms in total. The van der Waals surface area contributed by atoms with Gasteiger partial charge in [0, 0.05) is 12.0 Å². The largest absolute Gasteiger partial charge is 0.481 e. The van der Waals surface area contributed by atoms with E-state index in [1.165, 1.54) is 11.1 Å². The summed E-state index contributed by atoms with van der Waals surface area (Å²) in [5.74, 6) is -1.27.